The molecule has 0 bridgehead atoms. The minimum Gasteiger partial charge on any atom is -0.544 e. The highest BCUT2D eigenvalue weighted by atomic mass is 33.1. The van der Waals surface area contributed by atoms with E-state index in [1.165, 1.54) is 45.1 Å². The number of non-ortho nitro benzene ring substituents is 1. The molecule has 3 rings (SSSR count). The fourth-order valence-corrected chi connectivity index (χ4v) is 7.45. The largest absolute Gasteiger partial charge is 0.544 e. The molecule has 0 spiro atoms. The molecule has 3 unspecified atom stereocenters. The first-order valence-electron chi connectivity index (χ1n) is 8.91. The second-order valence-corrected chi connectivity index (χ2v) is 10.6. The van der Waals surface area contributed by atoms with Crippen molar-refractivity contribution in [2.24, 2.45) is 0 Å². The van der Waals surface area contributed by atoms with Crippen LogP contribution in [0, 0.1) is 17.0 Å². The van der Waals surface area contributed by atoms with E-state index in [4.69, 9.17) is 0 Å². The van der Waals surface area contributed by atoms with Crippen molar-refractivity contribution in [3.63, 3.8) is 0 Å². The molecular weight excluding hydrogens is 446 g/mol. The molecule has 11 heteroatoms. The SMILES string of the molecule is C=C(C)C(C(=O)[O-])[N+]1(Cc2ccc([N+](=O)[O-])cc2)C(=O)CC1SSc1nc(C)cs1. The molecule has 8 nitrogen and oxygen atoms in total. The van der Waals surface area contributed by atoms with E-state index in [0.717, 1.165) is 10.0 Å². The van der Waals surface area contributed by atoms with Crippen molar-refractivity contribution in [1.82, 2.24) is 4.98 Å². The molecule has 1 saturated heterocycles. The molecule has 30 heavy (non-hydrogen) atoms. The fraction of sp³-hybridized carbons (Fsp3) is 0.316. The molecule has 1 aromatic heterocycles. The molecule has 2 heterocycles. The van der Waals surface area contributed by atoms with E-state index in [9.17, 15) is 24.8 Å². The van der Waals surface area contributed by atoms with E-state index in [1.54, 1.807) is 19.1 Å². The average molecular weight is 466 g/mol. The summed E-state index contributed by atoms with van der Waals surface area (Å²) in [6.07, 6.45) is 0.214. The summed E-state index contributed by atoms with van der Waals surface area (Å²) in [5.74, 6) is -1.59. The molecular formula is C19H19N3O5S3. The summed E-state index contributed by atoms with van der Waals surface area (Å²) in [7, 11) is 2.82. The third-order valence-electron chi connectivity index (χ3n) is 4.90. The number of likely N-dealkylation sites (tertiary alicyclic amines) is 1. The number of carboxylic acids is 1. The van der Waals surface area contributed by atoms with Crippen molar-refractivity contribution in [3.05, 3.63) is 63.2 Å². The van der Waals surface area contributed by atoms with Crippen LogP contribution in [0.5, 0.6) is 0 Å². The maximum absolute atomic E-state index is 12.9. The number of thiazole rings is 1. The number of hydrogen-bond acceptors (Lipinski definition) is 9. The zero-order valence-corrected chi connectivity index (χ0v) is 18.7. The number of quaternary nitrogens is 1. The molecule has 0 radical (unpaired) electrons. The highest BCUT2D eigenvalue weighted by molar-refractivity contribution is 8.77. The average Bonchev–Trinajstić information content (AvgIpc) is 3.09. The molecule has 0 aliphatic carbocycles. The number of carbonyl (C=O) groups excluding carboxylic acids is 2. The molecule has 158 valence electrons. The van der Waals surface area contributed by atoms with Gasteiger partial charge in [-0.15, -0.1) is 11.3 Å². The Labute approximate surface area is 185 Å². The van der Waals surface area contributed by atoms with Crippen LogP contribution in [-0.4, -0.2) is 37.7 Å². The van der Waals surface area contributed by atoms with Crippen LogP contribution in [0.1, 0.15) is 24.6 Å². The Balaban J connectivity index is 1.93. The van der Waals surface area contributed by atoms with Gasteiger partial charge in [0.1, 0.15) is 18.9 Å². The molecule has 1 aliphatic heterocycles. The zero-order chi connectivity index (χ0) is 22.1. The Kier molecular flexibility index (Phi) is 6.65. The van der Waals surface area contributed by atoms with Gasteiger partial charge < -0.3 is 9.90 Å². The van der Waals surface area contributed by atoms with E-state index >= 15 is 0 Å². The predicted molar refractivity (Wildman–Crippen MR) is 114 cm³/mol. The second kappa shape index (κ2) is 8.88. The summed E-state index contributed by atoms with van der Waals surface area (Å²) in [4.78, 5) is 39.7. The van der Waals surface area contributed by atoms with Gasteiger partial charge in [-0.25, -0.2) is 14.3 Å². The Morgan fingerprint density at radius 1 is 1.43 bits per heavy atom. The molecule has 1 amide bonds. The highest BCUT2D eigenvalue weighted by Gasteiger charge is 2.61. The van der Waals surface area contributed by atoms with E-state index in [2.05, 4.69) is 11.6 Å². The van der Waals surface area contributed by atoms with Gasteiger partial charge in [0.25, 0.3) is 5.69 Å². The van der Waals surface area contributed by atoms with Gasteiger partial charge in [-0.3, -0.25) is 10.1 Å². The number of nitro groups is 1. The van der Waals surface area contributed by atoms with E-state index in [0.29, 0.717) is 11.1 Å². The minimum absolute atomic E-state index is 0.0720. The van der Waals surface area contributed by atoms with Crippen LogP contribution < -0.4 is 5.11 Å². The first-order chi connectivity index (χ1) is 14.1. The molecule has 1 aromatic carbocycles. The van der Waals surface area contributed by atoms with Crippen molar-refractivity contribution < 1.29 is 24.1 Å². The van der Waals surface area contributed by atoms with Crippen LogP contribution in [0.2, 0.25) is 0 Å². The summed E-state index contributed by atoms with van der Waals surface area (Å²) in [5, 5.41) is 24.5. The number of aromatic nitrogens is 1. The Bertz CT molecular complexity index is 993. The zero-order valence-electron chi connectivity index (χ0n) is 16.3. The van der Waals surface area contributed by atoms with E-state index < -0.39 is 16.9 Å². The lowest BCUT2D eigenvalue weighted by molar-refractivity contribution is -0.915. The molecule has 0 N–H and O–H groups in total. The lowest BCUT2D eigenvalue weighted by Gasteiger charge is -2.53. The first kappa shape index (κ1) is 22.5. The lowest BCUT2D eigenvalue weighted by atomic mass is 9.95. The lowest BCUT2D eigenvalue weighted by Crippen LogP contribution is -2.74. The van der Waals surface area contributed by atoms with Crippen LogP contribution in [0.25, 0.3) is 0 Å². The van der Waals surface area contributed by atoms with Crippen LogP contribution >= 0.6 is 32.9 Å². The Morgan fingerprint density at radius 3 is 2.57 bits per heavy atom. The normalized spacial score (nSPS) is 21.7. The molecule has 2 aromatic rings. The van der Waals surface area contributed by atoms with Gasteiger partial charge in [-0.2, -0.15) is 0 Å². The minimum atomic E-state index is -1.36. The third-order valence-corrected chi connectivity index (χ3v) is 9.03. The summed E-state index contributed by atoms with van der Waals surface area (Å²) < 4.78 is 0.461. The first-order valence-corrected chi connectivity index (χ1v) is 12.0. The Hall–Kier alpha value is -2.21. The van der Waals surface area contributed by atoms with Crippen LogP contribution in [-0.2, 0) is 16.1 Å². The number of carboxylic acid groups (broad SMARTS) is 1. The number of aryl methyl sites for hydroxylation is 1. The summed E-state index contributed by atoms with van der Waals surface area (Å²) in [6, 6.07) is 4.58. The summed E-state index contributed by atoms with van der Waals surface area (Å²) in [6.45, 7) is 7.33. The number of rotatable bonds is 9. The highest BCUT2D eigenvalue weighted by Crippen LogP contribution is 2.50. The third kappa shape index (κ3) is 4.29. The van der Waals surface area contributed by atoms with Crippen LogP contribution in [0.3, 0.4) is 0 Å². The topological polar surface area (TPSA) is 113 Å². The number of nitrogens with zero attached hydrogens (tertiary/aromatic N) is 3. The van der Waals surface area contributed by atoms with Gasteiger partial charge in [0.15, 0.2) is 15.8 Å². The van der Waals surface area contributed by atoms with Gasteiger partial charge in [-0.05, 0) is 53.1 Å². The maximum Gasteiger partial charge on any atom is 0.322 e. The van der Waals surface area contributed by atoms with E-state index in [-0.39, 0.29) is 34.4 Å². The number of nitro benzene ring substituents is 1. The fourth-order valence-electron chi connectivity index (χ4n) is 3.51. The van der Waals surface area contributed by atoms with Crippen LogP contribution in [0.15, 0.2) is 46.1 Å². The van der Waals surface area contributed by atoms with Crippen molar-refractivity contribution >= 4 is 50.5 Å². The van der Waals surface area contributed by atoms with E-state index in [1.807, 2.05) is 12.3 Å². The number of β-lactam (4-membered cyclic amide) rings is 1. The van der Waals surface area contributed by atoms with Crippen molar-refractivity contribution in [2.75, 3.05) is 0 Å². The maximum atomic E-state index is 12.9. The van der Waals surface area contributed by atoms with Gasteiger partial charge in [0, 0.05) is 28.8 Å². The standard InChI is InChI=1S/C19H19N3O5S3/c1-11(2)17(18(24)25)22(9-13-4-6-14(7-5-13)21(26)27)15(23)8-16(22)29-30-19-20-12(3)10-28-19/h4-7,10,16-17H,1,8-9H2,2-3H3. The van der Waals surface area contributed by atoms with Gasteiger partial charge in [-0.1, -0.05) is 6.58 Å². The van der Waals surface area contributed by atoms with Crippen molar-refractivity contribution in [3.8, 4) is 0 Å². The van der Waals surface area contributed by atoms with Crippen molar-refractivity contribution in [2.45, 2.75) is 42.6 Å². The molecule has 0 saturated carbocycles. The number of aliphatic carboxylic acids is 1. The van der Waals surface area contributed by atoms with Gasteiger partial charge in [0.2, 0.25) is 0 Å². The quantitative estimate of drug-likeness (QED) is 0.139. The van der Waals surface area contributed by atoms with Crippen LogP contribution in [0.4, 0.5) is 5.69 Å². The number of carbonyl (C=O) groups is 2. The summed E-state index contributed by atoms with van der Waals surface area (Å²) in [5.41, 5.74) is 1.78. The number of amides is 1. The molecule has 1 fully saturated rings. The molecule has 3 atom stereocenters. The predicted octanol–water partition coefficient (Wildman–Crippen LogP) is 3.07. The smallest absolute Gasteiger partial charge is 0.322 e. The van der Waals surface area contributed by atoms with Crippen molar-refractivity contribution in [1.29, 1.82) is 0 Å². The number of hydrogen-bond donors (Lipinski definition) is 0. The second-order valence-electron chi connectivity index (χ2n) is 7.07. The summed E-state index contributed by atoms with van der Waals surface area (Å²) >= 11 is 1.49. The monoisotopic (exact) mass is 465 g/mol. The van der Waals surface area contributed by atoms with Gasteiger partial charge in [0.05, 0.1) is 4.92 Å². The molecule has 1 aliphatic rings. The van der Waals surface area contributed by atoms with Gasteiger partial charge >= 0.3 is 5.91 Å². The Morgan fingerprint density at radius 2 is 2.10 bits per heavy atom. The number of benzene rings is 1.